The molecule has 0 bridgehead atoms. The number of hydrogen-bond donors (Lipinski definition) is 3. The van der Waals surface area contributed by atoms with Gasteiger partial charge in [0.25, 0.3) is 0 Å². The third-order valence-electron chi connectivity index (χ3n) is 1.44. The maximum Gasteiger partial charge on any atom is 0.333 e. The van der Waals surface area contributed by atoms with Gasteiger partial charge in [-0.15, -0.1) is 0 Å². The van der Waals surface area contributed by atoms with E-state index in [1.54, 1.807) is 0 Å². The van der Waals surface area contributed by atoms with Crippen molar-refractivity contribution in [3.05, 3.63) is 0 Å². The molecule has 0 aromatic rings. The summed E-state index contributed by atoms with van der Waals surface area (Å²) < 4.78 is 0. The van der Waals surface area contributed by atoms with Gasteiger partial charge >= 0.3 is 11.9 Å². The van der Waals surface area contributed by atoms with Crippen molar-refractivity contribution in [1.29, 1.82) is 0 Å². The van der Waals surface area contributed by atoms with Gasteiger partial charge in [-0.1, -0.05) is 0 Å². The van der Waals surface area contributed by atoms with E-state index >= 15 is 0 Å². The highest BCUT2D eigenvalue weighted by Crippen LogP contribution is 1.89. The van der Waals surface area contributed by atoms with Crippen LogP contribution in [0, 0.1) is 0 Å². The van der Waals surface area contributed by atoms with E-state index in [0.29, 0.717) is 0 Å². The first-order valence-corrected chi connectivity index (χ1v) is 4.64. The van der Waals surface area contributed by atoms with Crippen LogP contribution in [-0.4, -0.2) is 51.1 Å². The van der Waals surface area contributed by atoms with Crippen molar-refractivity contribution < 1.29 is 49.5 Å². The second kappa shape index (κ2) is 9.53. The lowest BCUT2D eigenvalue weighted by Gasteiger charge is -2.00. The Kier molecular flexibility index (Phi) is 9.46. The number of carbonyl (C=O) groups is 5. The van der Waals surface area contributed by atoms with E-state index in [4.69, 9.17) is 15.3 Å². The third kappa shape index (κ3) is 13.4. The van der Waals surface area contributed by atoms with Crippen LogP contribution in [0.1, 0.15) is 19.3 Å². The minimum Gasteiger partial charge on any atom is -0.550 e. The molecule has 1 unspecified atom stereocenters. The number of carboxylic acids is 4. The van der Waals surface area contributed by atoms with E-state index in [-0.39, 0.29) is 0 Å². The number of hydrogen-bond acceptors (Lipinski definition) is 8. The maximum atomic E-state index is 10.1. The average Bonchev–Trinajstić information content (AvgIpc) is 2.25. The topological polar surface area (TPSA) is 192 Å². The van der Waals surface area contributed by atoms with Gasteiger partial charge < -0.3 is 35.1 Å². The van der Waals surface area contributed by atoms with Crippen LogP contribution >= 0.6 is 0 Å². The molecule has 1 atom stereocenters. The van der Waals surface area contributed by atoms with Crippen LogP contribution in [0.3, 0.4) is 0 Å². The molecule has 108 valence electrons. The summed E-state index contributed by atoms with van der Waals surface area (Å²) in [4.78, 5) is 48.8. The standard InChI is InChI=1S/C5H6O5.C4H6O5/c6-3(5(9)10)1-2-4(7)8;5-2(4(8)9)1-3(6)7/h1-2H2,(H,7,8)(H,9,10);2,5H,1H2,(H,6,7)(H,8,9)/p-2. The molecule has 0 saturated heterocycles. The summed E-state index contributed by atoms with van der Waals surface area (Å²) in [6.07, 6.45) is -3.69. The summed E-state index contributed by atoms with van der Waals surface area (Å²) in [6, 6.07) is 0. The Morgan fingerprint density at radius 1 is 0.947 bits per heavy atom. The van der Waals surface area contributed by atoms with Crippen LogP contribution in [0.25, 0.3) is 0 Å². The minimum atomic E-state index is -1.86. The molecule has 0 aliphatic heterocycles. The van der Waals surface area contributed by atoms with Gasteiger partial charge in [0.1, 0.15) is 5.97 Å². The Labute approximate surface area is 105 Å². The largest absolute Gasteiger partial charge is 0.550 e. The van der Waals surface area contributed by atoms with Crippen molar-refractivity contribution in [2.24, 2.45) is 0 Å². The Balaban J connectivity index is 0. The zero-order valence-electron chi connectivity index (χ0n) is 9.40. The van der Waals surface area contributed by atoms with Crippen molar-refractivity contribution in [3.8, 4) is 0 Å². The number of aliphatic hydroxyl groups excluding tert-OH is 1. The Hall–Kier alpha value is -2.49. The van der Waals surface area contributed by atoms with E-state index in [2.05, 4.69) is 0 Å². The summed E-state index contributed by atoms with van der Waals surface area (Å²) in [5, 5.41) is 43.4. The van der Waals surface area contributed by atoms with Gasteiger partial charge in [0.2, 0.25) is 0 Å². The summed E-state index contributed by atoms with van der Waals surface area (Å²) in [5.74, 6) is -7.37. The van der Waals surface area contributed by atoms with Crippen LogP contribution in [-0.2, 0) is 24.0 Å². The van der Waals surface area contributed by atoms with Crippen LogP contribution in [0.5, 0.6) is 0 Å². The van der Waals surface area contributed by atoms with Crippen molar-refractivity contribution in [2.75, 3.05) is 0 Å². The minimum absolute atomic E-state index is 0.565. The molecule has 0 rings (SSSR count). The first-order valence-electron chi connectivity index (χ1n) is 4.64. The van der Waals surface area contributed by atoms with Gasteiger partial charge in [-0.25, -0.2) is 4.79 Å². The molecule has 0 amide bonds. The molecule has 10 heteroatoms. The van der Waals surface area contributed by atoms with E-state index in [1.165, 1.54) is 0 Å². The van der Waals surface area contributed by atoms with Crippen LogP contribution in [0.4, 0.5) is 0 Å². The second-order valence-corrected chi connectivity index (χ2v) is 3.03. The van der Waals surface area contributed by atoms with Crippen LogP contribution in [0.2, 0.25) is 0 Å². The molecule has 10 nitrogen and oxygen atoms in total. The molecular formula is C9H10O10-2. The number of carboxylic acid groups (broad SMARTS) is 4. The lowest BCUT2D eigenvalue weighted by atomic mass is 10.2. The molecule has 19 heavy (non-hydrogen) atoms. The lowest BCUT2D eigenvalue weighted by molar-refractivity contribution is -0.306. The SMILES string of the molecule is O=C(O)CC(O)C(=O)O.O=C([O-])CCC(=O)C(=O)[O-]. The average molecular weight is 278 g/mol. The molecule has 0 aromatic carbocycles. The Morgan fingerprint density at radius 3 is 1.63 bits per heavy atom. The normalized spacial score (nSPS) is 10.6. The number of aliphatic hydroxyl groups is 1. The number of carbonyl (C=O) groups excluding carboxylic acids is 3. The number of Topliss-reactive ketones (excluding diaryl/α,β-unsaturated/α-hetero) is 1. The maximum absolute atomic E-state index is 10.1. The predicted octanol–water partition coefficient (Wildman–Crippen LogP) is -4.26. The van der Waals surface area contributed by atoms with Crippen molar-refractivity contribution in [2.45, 2.75) is 25.4 Å². The van der Waals surface area contributed by atoms with E-state index in [0.717, 1.165) is 0 Å². The fourth-order valence-corrected chi connectivity index (χ4v) is 0.570. The molecule has 0 heterocycles. The third-order valence-corrected chi connectivity index (χ3v) is 1.44. The lowest BCUT2D eigenvalue weighted by Crippen LogP contribution is -2.33. The summed E-state index contributed by atoms with van der Waals surface area (Å²) >= 11 is 0. The van der Waals surface area contributed by atoms with Crippen molar-refractivity contribution >= 4 is 29.7 Å². The summed E-state index contributed by atoms with van der Waals surface area (Å²) in [5.41, 5.74) is 0. The number of aliphatic carboxylic acids is 4. The van der Waals surface area contributed by atoms with Gasteiger partial charge in [-0.2, -0.15) is 0 Å². The summed E-state index contributed by atoms with van der Waals surface area (Å²) in [6.45, 7) is 0. The van der Waals surface area contributed by atoms with Gasteiger partial charge in [0.15, 0.2) is 11.9 Å². The fraction of sp³-hybridized carbons (Fsp3) is 0.444. The molecule has 0 saturated carbocycles. The van der Waals surface area contributed by atoms with Gasteiger partial charge in [0.05, 0.1) is 6.42 Å². The molecule has 0 radical (unpaired) electrons. The summed E-state index contributed by atoms with van der Waals surface area (Å²) in [7, 11) is 0. The van der Waals surface area contributed by atoms with Gasteiger partial charge in [-0.3, -0.25) is 9.59 Å². The van der Waals surface area contributed by atoms with E-state index < -0.39 is 55.0 Å². The molecule has 0 spiro atoms. The molecule has 3 N–H and O–H groups in total. The van der Waals surface area contributed by atoms with E-state index in [9.17, 15) is 34.2 Å². The van der Waals surface area contributed by atoms with Crippen LogP contribution < -0.4 is 10.2 Å². The monoisotopic (exact) mass is 278 g/mol. The zero-order chi connectivity index (χ0) is 15.6. The second-order valence-electron chi connectivity index (χ2n) is 3.03. The Morgan fingerprint density at radius 2 is 1.42 bits per heavy atom. The number of rotatable bonds is 7. The fourth-order valence-electron chi connectivity index (χ4n) is 0.570. The zero-order valence-corrected chi connectivity index (χ0v) is 9.40. The smallest absolute Gasteiger partial charge is 0.333 e. The highest BCUT2D eigenvalue weighted by atomic mass is 16.4. The van der Waals surface area contributed by atoms with Crippen molar-refractivity contribution in [3.63, 3.8) is 0 Å². The highest BCUT2D eigenvalue weighted by Gasteiger charge is 2.16. The Bertz CT molecular complexity index is 371. The first kappa shape index (κ1) is 18.9. The first-order chi connectivity index (χ1) is 8.57. The quantitative estimate of drug-likeness (QED) is 0.384. The van der Waals surface area contributed by atoms with E-state index in [1.807, 2.05) is 0 Å². The van der Waals surface area contributed by atoms with Gasteiger partial charge in [-0.05, 0) is 6.42 Å². The van der Waals surface area contributed by atoms with Crippen molar-refractivity contribution in [1.82, 2.24) is 0 Å². The predicted molar refractivity (Wildman–Crippen MR) is 50.2 cm³/mol. The molecule has 0 fully saturated rings. The highest BCUT2D eigenvalue weighted by molar-refractivity contribution is 6.31. The molecule has 0 aliphatic carbocycles. The number of ketones is 1. The molecule has 0 aliphatic rings. The van der Waals surface area contributed by atoms with Gasteiger partial charge in [0, 0.05) is 12.4 Å². The molecule has 0 aromatic heterocycles. The molecular weight excluding hydrogens is 268 g/mol. The van der Waals surface area contributed by atoms with Crippen LogP contribution in [0.15, 0.2) is 0 Å².